The number of carbonyl (C=O) groups is 1. The minimum atomic E-state index is -0.885. The van der Waals surface area contributed by atoms with Crippen molar-refractivity contribution in [3.8, 4) is 0 Å². The largest absolute Gasteiger partial charge is 0.342 e. The van der Waals surface area contributed by atoms with E-state index >= 15 is 0 Å². The summed E-state index contributed by atoms with van der Waals surface area (Å²) in [6.45, 7) is 1.22. The molecule has 3 aromatic rings. The summed E-state index contributed by atoms with van der Waals surface area (Å²) in [6.07, 6.45) is 5.50. The highest BCUT2D eigenvalue weighted by Crippen LogP contribution is 2.48. The standard InChI is InChI=1S/C22H21F2N5O2/c23-15-11-14(12-16(24)13-15)18-1-2-19-28(18)20(30)22(31-19)5-9-27(10-6-22)21-25-7-3-17-4-8-26-29(17)21/h3-4,7-8,11-13,18-19H,1-2,5-6,9-10H2/t18-,19+/m0/s1. The van der Waals surface area contributed by atoms with E-state index in [1.54, 1.807) is 21.8 Å². The Morgan fingerprint density at radius 3 is 2.55 bits per heavy atom. The van der Waals surface area contributed by atoms with Gasteiger partial charge in [-0.1, -0.05) is 0 Å². The van der Waals surface area contributed by atoms with Crippen molar-refractivity contribution in [2.75, 3.05) is 18.0 Å². The molecule has 31 heavy (non-hydrogen) atoms. The van der Waals surface area contributed by atoms with Gasteiger partial charge in [0, 0.05) is 38.2 Å². The number of nitrogens with zero attached hydrogens (tertiary/aromatic N) is 5. The molecule has 0 aliphatic carbocycles. The van der Waals surface area contributed by atoms with Crippen LogP contribution in [0.5, 0.6) is 0 Å². The number of fused-ring (bicyclic) bond motifs is 2. The van der Waals surface area contributed by atoms with Crippen molar-refractivity contribution in [1.29, 1.82) is 0 Å². The van der Waals surface area contributed by atoms with Crippen molar-refractivity contribution in [3.63, 3.8) is 0 Å². The Balaban J connectivity index is 1.24. The number of carbonyl (C=O) groups excluding carboxylic acids is 1. The molecule has 160 valence electrons. The summed E-state index contributed by atoms with van der Waals surface area (Å²) in [4.78, 5) is 21.8. The van der Waals surface area contributed by atoms with Gasteiger partial charge in [-0.05, 0) is 42.7 Å². The molecule has 5 heterocycles. The first-order valence-electron chi connectivity index (χ1n) is 10.5. The Bertz CT molecular complexity index is 1150. The molecule has 2 aromatic heterocycles. The van der Waals surface area contributed by atoms with Crippen LogP contribution in [-0.2, 0) is 9.53 Å². The average molecular weight is 425 g/mol. The van der Waals surface area contributed by atoms with Gasteiger partial charge in [0.2, 0.25) is 5.95 Å². The van der Waals surface area contributed by atoms with Gasteiger partial charge in [0.25, 0.3) is 5.91 Å². The summed E-state index contributed by atoms with van der Waals surface area (Å²) in [5, 5.41) is 4.35. The van der Waals surface area contributed by atoms with Crippen molar-refractivity contribution >= 4 is 17.4 Å². The maximum absolute atomic E-state index is 13.8. The number of halogens is 2. The van der Waals surface area contributed by atoms with E-state index in [9.17, 15) is 13.6 Å². The second-order valence-corrected chi connectivity index (χ2v) is 8.47. The summed E-state index contributed by atoms with van der Waals surface area (Å²) in [6, 6.07) is 6.93. The van der Waals surface area contributed by atoms with Gasteiger partial charge in [-0.15, -0.1) is 0 Å². The molecule has 3 saturated heterocycles. The number of hydrogen-bond donors (Lipinski definition) is 0. The first-order chi connectivity index (χ1) is 15.0. The fourth-order valence-corrected chi connectivity index (χ4v) is 5.27. The molecule has 0 radical (unpaired) electrons. The van der Waals surface area contributed by atoms with Crippen LogP contribution in [0.2, 0.25) is 0 Å². The summed E-state index contributed by atoms with van der Waals surface area (Å²) in [5.41, 5.74) is 0.564. The molecule has 6 rings (SSSR count). The normalized spacial score (nSPS) is 25.0. The van der Waals surface area contributed by atoms with Crippen LogP contribution in [0.3, 0.4) is 0 Å². The van der Waals surface area contributed by atoms with Crippen LogP contribution >= 0.6 is 0 Å². The lowest BCUT2D eigenvalue weighted by molar-refractivity contribution is -0.140. The number of aromatic nitrogens is 3. The van der Waals surface area contributed by atoms with Gasteiger partial charge in [0.1, 0.15) is 17.9 Å². The number of rotatable bonds is 2. The van der Waals surface area contributed by atoms with Gasteiger partial charge in [-0.25, -0.2) is 18.3 Å². The van der Waals surface area contributed by atoms with Crippen molar-refractivity contribution in [3.05, 3.63) is 59.9 Å². The molecule has 1 spiro atoms. The first kappa shape index (κ1) is 18.7. The van der Waals surface area contributed by atoms with E-state index < -0.39 is 17.2 Å². The second kappa shape index (κ2) is 6.71. The van der Waals surface area contributed by atoms with Gasteiger partial charge < -0.3 is 14.5 Å². The highest BCUT2D eigenvalue weighted by molar-refractivity contribution is 5.88. The molecule has 9 heteroatoms. The van der Waals surface area contributed by atoms with E-state index in [2.05, 4.69) is 15.0 Å². The molecular weight excluding hydrogens is 404 g/mol. The zero-order chi connectivity index (χ0) is 21.2. The molecule has 1 aromatic carbocycles. The van der Waals surface area contributed by atoms with Crippen LogP contribution in [0, 0.1) is 11.6 Å². The smallest absolute Gasteiger partial charge is 0.257 e. The monoisotopic (exact) mass is 425 g/mol. The molecule has 0 N–H and O–H groups in total. The fraction of sp³-hybridized carbons (Fsp3) is 0.409. The quantitative estimate of drug-likeness (QED) is 0.632. The Hall–Kier alpha value is -3.07. The van der Waals surface area contributed by atoms with Crippen molar-refractivity contribution in [2.45, 2.75) is 43.6 Å². The lowest BCUT2D eigenvalue weighted by Crippen LogP contribution is -2.51. The predicted octanol–water partition coefficient (Wildman–Crippen LogP) is 3.07. The van der Waals surface area contributed by atoms with Crippen LogP contribution in [-0.4, -0.2) is 50.3 Å². The molecule has 3 aliphatic heterocycles. The maximum atomic E-state index is 13.8. The number of ether oxygens (including phenoxy) is 1. The minimum Gasteiger partial charge on any atom is -0.342 e. The number of amides is 1. The molecule has 3 aliphatic rings. The maximum Gasteiger partial charge on any atom is 0.257 e. The number of hydrogen-bond acceptors (Lipinski definition) is 5. The van der Waals surface area contributed by atoms with Gasteiger partial charge in [0.15, 0.2) is 5.60 Å². The van der Waals surface area contributed by atoms with E-state index in [0.717, 1.165) is 17.5 Å². The molecule has 0 saturated carbocycles. The molecule has 7 nitrogen and oxygen atoms in total. The fourth-order valence-electron chi connectivity index (χ4n) is 5.27. The SMILES string of the molecule is O=C1N2[C@@H](CC[C@H]2c2cc(F)cc(F)c2)OC12CCN(c1nccc3ccnn13)CC2. The van der Waals surface area contributed by atoms with Crippen LogP contribution in [0.25, 0.3) is 5.52 Å². The topological polar surface area (TPSA) is 63.0 Å². The zero-order valence-corrected chi connectivity index (χ0v) is 16.7. The highest BCUT2D eigenvalue weighted by atomic mass is 19.1. The van der Waals surface area contributed by atoms with Crippen LogP contribution in [0.15, 0.2) is 42.7 Å². The third-order valence-electron chi connectivity index (χ3n) is 6.74. The van der Waals surface area contributed by atoms with Crippen LogP contribution in [0.4, 0.5) is 14.7 Å². The Labute approximate surface area is 177 Å². The Morgan fingerprint density at radius 1 is 1.03 bits per heavy atom. The van der Waals surface area contributed by atoms with Gasteiger partial charge in [0.05, 0.1) is 17.8 Å². The van der Waals surface area contributed by atoms with Crippen molar-refractivity contribution < 1.29 is 18.3 Å². The van der Waals surface area contributed by atoms with Gasteiger partial charge in [-0.2, -0.15) is 5.10 Å². The lowest BCUT2D eigenvalue weighted by Gasteiger charge is -2.37. The van der Waals surface area contributed by atoms with Crippen molar-refractivity contribution in [2.24, 2.45) is 0 Å². The van der Waals surface area contributed by atoms with E-state index in [1.807, 2.05) is 12.1 Å². The molecule has 2 atom stereocenters. The van der Waals surface area contributed by atoms with E-state index in [-0.39, 0.29) is 18.2 Å². The highest BCUT2D eigenvalue weighted by Gasteiger charge is 2.58. The Morgan fingerprint density at radius 2 is 1.77 bits per heavy atom. The number of benzene rings is 1. The molecule has 0 bridgehead atoms. The summed E-state index contributed by atoms with van der Waals surface area (Å²) < 4.78 is 35.6. The summed E-state index contributed by atoms with van der Waals surface area (Å²) in [5.74, 6) is -0.588. The molecule has 3 fully saturated rings. The Kier molecular flexibility index (Phi) is 4.05. The molecule has 0 unspecified atom stereocenters. The zero-order valence-electron chi connectivity index (χ0n) is 16.7. The van der Waals surface area contributed by atoms with E-state index in [1.165, 1.54) is 12.1 Å². The third-order valence-corrected chi connectivity index (χ3v) is 6.74. The number of anilines is 1. The summed E-state index contributed by atoms with van der Waals surface area (Å²) >= 11 is 0. The van der Waals surface area contributed by atoms with E-state index in [4.69, 9.17) is 4.74 Å². The van der Waals surface area contributed by atoms with Crippen molar-refractivity contribution in [1.82, 2.24) is 19.5 Å². The molecular formula is C22H21F2N5O2. The van der Waals surface area contributed by atoms with Crippen LogP contribution in [0.1, 0.15) is 37.3 Å². The van der Waals surface area contributed by atoms with Crippen LogP contribution < -0.4 is 4.90 Å². The minimum absolute atomic E-state index is 0.0745. The summed E-state index contributed by atoms with van der Waals surface area (Å²) in [7, 11) is 0. The first-order valence-corrected chi connectivity index (χ1v) is 10.5. The van der Waals surface area contributed by atoms with E-state index in [0.29, 0.717) is 44.3 Å². The lowest BCUT2D eigenvalue weighted by atomic mass is 9.89. The average Bonchev–Trinajstić information content (AvgIpc) is 3.45. The molecule has 1 amide bonds. The number of piperidine rings is 1. The van der Waals surface area contributed by atoms with Gasteiger partial charge in [-0.3, -0.25) is 4.79 Å². The second-order valence-electron chi connectivity index (χ2n) is 8.47. The predicted molar refractivity (Wildman–Crippen MR) is 107 cm³/mol. The van der Waals surface area contributed by atoms with Gasteiger partial charge >= 0.3 is 0 Å². The third kappa shape index (κ3) is 2.83.